The highest BCUT2D eigenvalue weighted by Crippen LogP contribution is 2.31. The molecule has 0 amide bonds. The third-order valence-electron chi connectivity index (χ3n) is 5.14. The van der Waals surface area contributed by atoms with Crippen LogP contribution in [0.1, 0.15) is 50.7 Å². The maximum absolute atomic E-state index is 12.6. The van der Waals surface area contributed by atoms with E-state index >= 15 is 0 Å². The number of hydrogen-bond acceptors (Lipinski definition) is 2. The molecule has 0 saturated heterocycles. The number of benzene rings is 2. The number of rotatable bonds is 8. The van der Waals surface area contributed by atoms with Crippen molar-refractivity contribution < 1.29 is 9.53 Å². The van der Waals surface area contributed by atoms with E-state index in [9.17, 15) is 4.79 Å². The number of carbonyl (C=O) groups is 1. The van der Waals surface area contributed by atoms with Crippen LogP contribution in [-0.4, -0.2) is 18.5 Å². The standard InChI is InChI=1S/C22H28O2/c1-17(22(2,3)24-4)21(23)16-15-20(18-11-7-5-8-12-18)19-13-9-6-10-14-19/h5-14,17,20H,15-16H2,1-4H3. The Morgan fingerprint density at radius 1 is 0.958 bits per heavy atom. The first-order valence-corrected chi connectivity index (χ1v) is 8.63. The largest absolute Gasteiger partial charge is 0.378 e. The lowest BCUT2D eigenvalue weighted by Crippen LogP contribution is -2.36. The summed E-state index contributed by atoms with van der Waals surface area (Å²) < 4.78 is 5.48. The average Bonchev–Trinajstić information content (AvgIpc) is 2.62. The Kier molecular flexibility index (Phi) is 6.33. The van der Waals surface area contributed by atoms with Gasteiger partial charge in [0.05, 0.1) is 5.60 Å². The van der Waals surface area contributed by atoms with E-state index in [0.29, 0.717) is 6.42 Å². The molecule has 0 radical (unpaired) electrons. The van der Waals surface area contributed by atoms with Crippen LogP contribution >= 0.6 is 0 Å². The molecule has 0 spiro atoms. The van der Waals surface area contributed by atoms with Gasteiger partial charge in [-0.1, -0.05) is 67.6 Å². The second-order valence-electron chi connectivity index (χ2n) is 6.91. The van der Waals surface area contributed by atoms with E-state index in [1.807, 2.05) is 32.9 Å². The van der Waals surface area contributed by atoms with Gasteiger partial charge in [0.25, 0.3) is 0 Å². The Bertz CT molecular complexity index is 592. The fourth-order valence-corrected chi connectivity index (χ4v) is 2.96. The molecule has 2 aromatic rings. The Balaban J connectivity index is 2.14. The molecule has 2 rings (SSSR count). The zero-order valence-electron chi connectivity index (χ0n) is 15.2. The van der Waals surface area contributed by atoms with Gasteiger partial charge < -0.3 is 4.74 Å². The summed E-state index contributed by atoms with van der Waals surface area (Å²) in [6.07, 6.45) is 1.37. The highest BCUT2D eigenvalue weighted by atomic mass is 16.5. The summed E-state index contributed by atoms with van der Waals surface area (Å²) in [7, 11) is 1.67. The molecule has 0 bridgehead atoms. The molecule has 0 fully saturated rings. The number of ketones is 1. The molecule has 0 aromatic heterocycles. The van der Waals surface area contributed by atoms with Crippen LogP contribution in [-0.2, 0) is 9.53 Å². The summed E-state index contributed by atoms with van der Waals surface area (Å²) in [6.45, 7) is 5.91. The van der Waals surface area contributed by atoms with Crippen molar-refractivity contribution in [1.29, 1.82) is 0 Å². The minimum Gasteiger partial charge on any atom is -0.378 e. The molecule has 2 nitrogen and oxygen atoms in total. The van der Waals surface area contributed by atoms with E-state index < -0.39 is 5.60 Å². The molecule has 2 heteroatoms. The predicted molar refractivity (Wildman–Crippen MR) is 99.2 cm³/mol. The van der Waals surface area contributed by atoms with Crippen LogP contribution in [0.3, 0.4) is 0 Å². The van der Waals surface area contributed by atoms with Gasteiger partial charge in [0, 0.05) is 25.4 Å². The SMILES string of the molecule is COC(C)(C)C(C)C(=O)CCC(c1ccccc1)c1ccccc1. The summed E-state index contributed by atoms with van der Waals surface area (Å²) in [6, 6.07) is 20.9. The zero-order chi connectivity index (χ0) is 17.6. The summed E-state index contributed by atoms with van der Waals surface area (Å²) >= 11 is 0. The zero-order valence-corrected chi connectivity index (χ0v) is 15.2. The van der Waals surface area contributed by atoms with Crippen LogP contribution in [0.4, 0.5) is 0 Å². The van der Waals surface area contributed by atoms with Crippen molar-refractivity contribution in [3.63, 3.8) is 0 Å². The van der Waals surface area contributed by atoms with E-state index in [0.717, 1.165) is 6.42 Å². The molecule has 0 saturated carbocycles. The highest BCUT2D eigenvalue weighted by molar-refractivity contribution is 5.81. The van der Waals surface area contributed by atoms with Gasteiger partial charge in [0.2, 0.25) is 0 Å². The van der Waals surface area contributed by atoms with Gasteiger partial charge >= 0.3 is 0 Å². The van der Waals surface area contributed by atoms with Crippen molar-refractivity contribution in [2.24, 2.45) is 5.92 Å². The number of carbonyl (C=O) groups excluding carboxylic acids is 1. The number of hydrogen-bond donors (Lipinski definition) is 0. The number of Topliss-reactive ketones (excluding diaryl/α,β-unsaturated/α-hetero) is 1. The Labute approximate surface area is 145 Å². The lowest BCUT2D eigenvalue weighted by Gasteiger charge is -2.29. The number of ether oxygens (including phenoxy) is 1. The van der Waals surface area contributed by atoms with Crippen LogP contribution in [0.2, 0.25) is 0 Å². The maximum atomic E-state index is 12.6. The van der Waals surface area contributed by atoms with E-state index in [2.05, 4.69) is 48.5 Å². The second kappa shape index (κ2) is 8.25. The van der Waals surface area contributed by atoms with Crippen LogP contribution < -0.4 is 0 Å². The summed E-state index contributed by atoms with van der Waals surface area (Å²) in [4.78, 5) is 12.6. The number of methoxy groups -OCH3 is 1. The third-order valence-corrected chi connectivity index (χ3v) is 5.14. The van der Waals surface area contributed by atoms with Gasteiger partial charge in [-0.25, -0.2) is 0 Å². The maximum Gasteiger partial charge on any atom is 0.138 e. The molecule has 128 valence electrons. The molecule has 0 aliphatic rings. The van der Waals surface area contributed by atoms with Crippen LogP contribution in [0.15, 0.2) is 60.7 Å². The highest BCUT2D eigenvalue weighted by Gasteiger charge is 2.31. The van der Waals surface area contributed by atoms with Gasteiger partial charge in [-0.2, -0.15) is 0 Å². The molecule has 0 heterocycles. The van der Waals surface area contributed by atoms with E-state index in [-0.39, 0.29) is 17.6 Å². The van der Waals surface area contributed by atoms with Gasteiger partial charge in [0.15, 0.2) is 0 Å². The summed E-state index contributed by atoms with van der Waals surface area (Å²) in [5.74, 6) is 0.391. The average molecular weight is 324 g/mol. The monoisotopic (exact) mass is 324 g/mol. The van der Waals surface area contributed by atoms with Crippen molar-refractivity contribution >= 4 is 5.78 Å². The molecule has 0 N–H and O–H groups in total. The molecule has 24 heavy (non-hydrogen) atoms. The lowest BCUT2D eigenvalue weighted by molar-refractivity contribution is -0.131. The second-order valence-corrected chi connectivity index (χ2v) is 6.91. The minimum absolute atomic E-state index is 0.116. The van der Waals surface area contributed by atoms with Crippen LogP contribution in [0, 0.1) is 5.92 Å². The van der Waals surface area contributed by atoms with E-state index in [1.54, 1.807) is 7.11 Å². The molecule has 2 aromatic carbocycles. The van der Waals surface area contributed by atoms with E-state index in [1.165, 1.54) is 11.1 Å². The van der Waals surface area contributed by atoms with Crippen molar-refractivity contribution in [3.8, 4) is 0 Å². The van der Waals surface area contributed by atoms with Gasteiger partial charge in [-0.3, -0.25) is 4.79 Å². The first kappa shape index (κ1) is 18.4. The molecule has 0 aliphatic carbocycles. The van der Waals surface area contributed by atoms with Crippen LogP contribution in [0.25, 0.3) is 0 Å². The lowest BCUT2D eigenvalue weighted by atomic mass is 9.82. The van der Waals surface area contributed by atoms with Crippen molar-refractivity contribution in [1.82, 2.24) is 0 Å². The van der Waals surface area contributed by atoms with Gasteiger partial charge in [0.1, 0.15) is 5.78 Å². The predicted octanol–water partition coefficient (Wildman–Crippen LogP) is 5.23. The molecule has 0 aliphatic heterocycles. The Morgan fingerprint density at radius 3 is 1.83 bits per heavy atom. The molecular weight excluding hydrogens is 296 g/mol. The first-order valence-electron chi connectivity index (χ1n) is 8.63. The smallest absolute Gasteiger partial charge is 0.138 e. The minimum atomic E-state index is -0.425. The normalized spacial score (nSPS) is 13.0. The molecule has 1 atom stereocenters. The topological polar surface area (TPSA) is 26.3 Å². The Morgan fingerprint density at radius 2 is 1.42 bits per heavy atom. The van der Waals surface area contributed by atoms with E-state index in [4.69, 9.17) is 4.74 Å². The quantitative estimate of drug-likeness (QED) is 0.664. The van der Waals surface area contributed by atoms with Crippen LogP contribution in [0.5, 0.6) is 0 Å². The molecular formula is C22H28O2. The van der Waals surface area contributed by atoms with Crippen molar-refractivity contribution in [3.05, 3.63) is 71.8 Å². The summed E-state index contributed by atoms with van der Waals surface area (Å²) in [5, 5.41) is 0. The fourth-order valence-electron chi connectivity index (χ4n) is 2.96. The van der Waals surface area contributed by atoms with Crippen molar-refractivity contribution in [2.45, 2.75) is 45.1 Å². The third kappa shape index (κ3) is 4.55. The Hall–Kier alpha value is -1.93. The van der Waals surface area contributed by atoms with Crippen molar-refractivity contribution in [2.75, 3.05) is 7.11 Å². The fraction of sp³-hybridized carbons (Fsp3) is 0.409. The summed E-state index contributed by atoms with van der Waals surface area (Å²) in [5.41, 5.74) is 2.09. The van der Waals surface area contributed by atoms with Gasteiger partial charge in [-0.05, 0) is 31.4 Å². The first-order chi connectivity index (χ1) is 11.5. The molecule has 1 unspecified atom stereocenters. The van der Waals surface area contributed by atoms with Gasteiger partial charge in [-0.15, -0.1) is 0 Å².